The van der Waals surface area contributed by atoms with Crippen molar-refractivity contribution in [1.82, 2.24) is 15.0 Å². The fraction of sp³-hybridized carbons (Fsp3) is 0.544. The Morgan fingerprint density at radius 2 is 0.746 bits per heavy atom. The molecular formula is C103H150BN3O4S3. The second-order valence-electron chi connectivity index (χ2n) is 35.3. The molecule has 6 fully saturated rings. The van der Waals surface area contributed by atoms with Crippen LogP contribution in [0.2, 0.25) is 6.82 Å². The lowest BCUT2D eigenvalue weighted by molar-refractivity contribution is -0.187. The molecule has 9 aromatic rings. The van der Waals surface area contributed by atoms with E-state index in [0.717, 1.165) is 102 Å². The number of hydrogen-bond donors (Lipinski definition) is 0. The number of aromatic nitrogens is 3. The van der Waals surface area contributed by atoms with Gasteiger partial charge in [-0.05, 0) is 300 Å². The number of aryl methyl sites for hydroxylation is 14. The van der Waals surface area contributed by atoms with Crippen LogP contribution in [0.15, 0.2) is 158 Å². The first kappa shape index (κ1) is 96.9. The Balaban J connectivity index is 0.000000195. The van der Waals surface area contributed by atoms with Crippen molar-refractivity contribution in [1.29, 1.82) is 0 Å². The predicted octanol–water partition coefficient (Wildman–Crippen LogP) is 28.9. The zero-order chi connectivity index (χ0) is 83.2. The molecule has 5 unspecified atom stereocenters. The van der Waals surface area contributed by atoms with Crippen LogP contribution in [0.1, 0.15) is 233 Å². The first-order valence-corrected chi connectivity index (χ1v) is 46.4. The van der Waals surface area contributed by atoms with Crippen LogP contribution in [0.5, 0.6) is 0 Å². The fourth-order valence-corrected chi connectivity index (χ4v) is 18.2. The average Bonchev–Trinajstić information content (AvgIpc) is 1.63. The number of hydrogen-bond acceptors (Lipinski definition) is 10. The summed E-state index contributed by atoms with van der Waals surface area (Å²) in [5.74, 6) is 12.9. The Hall–Kier alpha value is -5.89. The molecule has 0 amide bonds. The van der Waals surface area contributed by atoms with Crippen LogP contribution in [0.3, 0.4) is 0 Å². The summed E-state index contributed by atoms with van der Waals surface area (Å²) < 4.78 is 21.5. The quantitative estimate of drug-likeness (QED) is 0.138. The van der Waals surface area contributed by atoms with E-state index in [-0.39, 0.29) is 13.4 Å². The van der Waals surface area contributed by atoms with E-state index in [9.17, 15) is 0 Å². The molecule has 0 bridgehead atoms. The lowest BCUT2D eigenvalue weighted by Crippen LogP contribution is -2.31. The zero-order valence-electron chi connectivity index (χ0n) is 75.4. The predicted molar refractivity (Wildman–Crippen MR) is 501 cm³/mol. The summed E-state index contributed by atoms with van der Waals surface area (Å²) in [7, 11) is 0.0196. The normalized spacial score (nSPS) is 22.7. The number of nitrogens with zero attached hydrogens (tertiary/aromatic N) is 3. The van der Waals surface area contributed by atoms with Gasteiger partial charge in [0.15, 0.2) is 6.29 Å². The van der Waals surface area contributed by atoms with Crippen molar-refractivity contribution in [3.8, 4) is 11.1 Å². The van der Waals surface area contributed by atoms with Crippen molar-refractivity contribution in [2.45, 2.75) is 267 Å². The Morgan fingerprint density at radius 1 is 0.342 bits per heavy atom. The molecule has 3 saturated carbocycles. The molecule has 11 heteroatoms. The van der Waals surface area contributed by atoms with E-state index in [1.165, 1.54) is 182 Å². The number of thioether (sulfide) groups is 2. The summed E-state index contributed by atoms with van der Waals surface area (Å²) in [6, 6.07) is 50.4. The van der Waals surface area contributed by atoms with Gasteiger partial charge in [-0.2, -0.15) is 0 Å². The Labute approximate surface area is 708 Å². The molecule has 622 valence electrons. The average molecular weight is 1600 g/mol. The van der Waals surface area contributed by atoms with Gasteiger partial charge >= 0.3 is 7.12 Å². The minimum Gasteiger partial charge on any atom is -0.411 e. The summed E-state index contributed by atoms with van der Waals surface area (Å²) >= 11 is 6.02. The van der Waals surface area contributed by atoms with Crippen molar-refractivity contribution in [3.05, 3.63) is 252 Å². The number of fused-ring (bicyclic) bond motifs is 6. The number of thiophene rings is 1. The Kier molecular flexibility index (Phi) is 44.3. The molecule has 17 rings (SSSR count). The highest BCUT2D eigenvalue weighted by Crippen LogP contribution is 2.44. The molecule has 0 spiro atoms. The summed E-state index contributed by atoms with van der Waals surface area (Å²) in [5, 5.41) is 2.67. The van der Waals surface area contributed by atoms with Crippen LogP contribution in [0, 0.1) is 149 Å². The zero-order valence-corrected chi connectivity index (χ0v) is 77.8. The van der Waals surface area contributed by atoms with Crippen LogP contribution >= 0.6 is 34.9 Å². The van der Waals surface area contributed by atoms with Crippen molar-refractivity contribution in [3.63, 3.8) is 0 Å². The van der Waals surface area contributed by atoms with E-state index >= 15 is 0 Å². The second kappa shape index (κ2) is 52.1. The van der Waals surface area contributed by atoms with Gasteiger partial charge in [-0.25, -0.2) is 9.97 Å². The van der Waals surface area contributed by atoms with Crippen LogP contribution in [-0.4, -0.2) is 70.9 Å². The highest BCUT2D eigenvalue weighted by atomic mass is 32.2. The monoisotopic (exact) mass is 1600 g/mol. The summed E-state index contributed by atoms with van der Waals surface area (Å²) in [5.41, 5.74) is 21.8. The number of ether oxygens (including phenoxy) is 2. The first-order chi connectivity index (χ1) is 54.3. The smallest absolute Gasteiger partial charge is 0.411 e. The van der Waals surface area contributed by atoms with Crippen LogP contribution in [0.25, 0.3) is 21.9 Å². The third-order valence-electron chi connectivity index (χ3n) is 22.4. The maximum Gasteiger partial charge on any atom is 0.453 e. The summed E-state index contributed by atoms with van der Waals surface area (Å²) in [6.07, 6.45) is 25.6. The number of pyridine rings is 1. The molecule has 0 N–H and O–H groups in total. The minimum atomic E-state index is 0.0196. The van der Waals surface area contributed by atoms with Crippen molar-refractivity contribution < 1.29 is 18.8 Å². The molecule has 7 nitrogen and oxygen atoms in total. The summed E-state index contributed by atoms with van der Waals surface area (Å²) in [6.45, 7) is 55.1. The van der Waals surface area contributed by atoms with Gasteiger partial charge in [0.1, 0.15) is 5.82 Å². The molecule has 5 aliphatic carbocycles. The van der Waals surface area contributed by atoms with Crippen molar-refractivity contribution >= 4 is 52.8 Å². The van der Waals surface area contributed by atoms with Crippen LogP contribution in [-0.2, 0) is 38.0 Å². The topological polar surface area (TPSA) is 75.6 Å². The molecule has 3 aliphatic heterocycles. The highest BCUT2D eigenvalue weighted by Gasteiger charge is 2.33. The lowest BCUT2D eigenvalue weighted by Gasteiger charge is -2.40. The maximum atomic E-state index is 5.17. The van der Waals surface area contributed by atoms with Gasteiger partial charge in [-0.3, -0.25) is 4.98 Å². The minimum absolute atomic E-state index is 0.0196. The van der Waals surface area contributed by atoms with Gasteiger partial charge in [0.2, 0.25) is 0 Å². The Morgan fingerprint density at radius 3 is 1.15 bits per heavy atom. The number of rotatable bonds is 0. The molecule has 8 aliphatic rings. The molecule has 6 heterocycles. The van der Waals surface area contributed by atoms with Crippen LogP contribution in [0.4, 0.5) is 0 Å². The van der Waals surface area contributed by atoms with E-state index in [1.807, 2.05) is 77.4 Å². The third-order valence-corrected chi connectivity index (χ3v) is 26.6. The van der Waals surface area contributed by atoms with E-state index in [2.05, 4.69) is 297 Å². The fourth-order valence-electron chi connectivity index (χ4n) is 15.0. The van der Waals surface area contributed by atoms with Gasteiger partial charge < -0.3 is 18.8 Å². The maximum absolute atomic E-state index is 5.17. The highest BCUT2D eigenvalue weighted by molar-refractivity contribution is 8.17. The molecule has 3 aromatic heterocycles. The molecule has 5 atom stereocenters. The first-order valence-electron chi connectivity index (χ1n) is 43.5. The van der Waals surface area contributed by atoms with Gasteiger partial charge in [0.05, 0.1) is 13.2 Å². The molecular weight excluding hydrogens is 1450 g/mol. The van der Waals surface area contributed by atoms with Crippen LogP contribution < -0.4 is 0 Å². The SMILES string of the molecule is CB1OCC(C)CO1.CC1CCC(C)CC1.CC1CCC2CC(C)CCC2C1.CC1COC(C)OC1.CC1CSC(C)SC1.Cc1ccc(C)cc1.Cc1ccc(C)nc1.Cc1ccc(C)s1.Cc1ccc2c(c1)-c1cc(C)ccc1C2.Cc1ccc2c(c1)CCC(C)C2.Cc1ccc2cc(C)ccc2c1.Cc1cnc(C)nc1. The third kappa shape index (κ3) is 39.1. The number of benzene rings is 6. The van der Waals surface area contributed by atoms with Gasteiger partial charge in [-0.1, -0.05) is 254 Å². The molecule has 114 heavy (non-hydrogen) atoms. The van der Waals surface area contributed by atoms with Gasteiger partial charge in [-0.15, -0.1) is 34.9 Å². The van der Waals surface area contributed by atoms with Crippen molar-refractivity contribution in [2.24, 2.45) is 59.2 Å². The summed E-state index contributed by atoms with van der Waals surface area (Å²) in [4.78, 5) is 14.8. The van der Waals surface area contributed by atoms with Gasteiger partial charge in [0, 0.05) is 57.8 Å². The Bertz CT molecular complexity index is 3700. The van der Waals surface area contributed by atoms with Crippen molar-refractivity contribution in [2.75, 3.05) is 37.9 Å². The van der Waals surface area contributed by atoms with E-state index in [0.29, 0.717) is 11.8 Å². The molecule has 3 saturated heterocycles. The molecule has 6 aromatic carbocycles. The second-order valence-corrected chi connectivity index (χ2v) is 39.8. The largest absolute Gasteiger partial charge is 0.453 e. The van der Waals surface area contributed by atoms with E-state index in [1.54, 1.807) is 11.1 Å². The standard InChI is InChI=1S/C15H14.C12H22.C12H16.C12H12.C8H16.C8H10.C7H9N.C6H8N2.C6H12O2.C6H12S2.C6H8S.C5H11BO2/c1-10-3-5-12-9-13-6-4-11(2)8-15(13)14(12)7-10;3*1-9-3-5-12-8-10(2)4-6-11(12)7-9;2*1-7-3-5-8(2)6-4-7;1-6-3-4-7(2)8-5-6;3*1-5-3-7-6(2)8-4-5;1-5-3-4-6(2)7-5;1-5-3-7-6(2)8-4-5/h3-8H,9H2,1-2H3;9-12H,3-8H2,1-2H3;3,5,7,10H,4,6,8H2,1-2H3;3-8H,1-2H3;7-8H,3-6H2,1-2H3;3-6H,1-2H3;3-5H,1-2H3;3-4H,1-2H3;2*5-6H,3-4H2,1-2H3;3-4H,1-2H3;5H,3-4H2,1-2H3. The van der Waals surface area contributed by atoms with Gasteiger partial charge in [0.25, 0.3) is 0 Å². The van der Waals surface area contributed by atoms with E-state index in [4.69, 9.17) is 18.8 Å². The van der Waals surface area contributed by atoms with E-state index < -0.39 is 0 Å². The lowest BCUT2D eigenvalue weighted by atomic mass is 9.65. The molecule has 0 radical (unpaired) electrons.